The molecular weight excluding hydrogens is 377 g/mol. The molecule has 0 aliphatic rings. The average molecular weight is 403 g/mol. The van der Waals surface area contributed by atoms with Gasteiger partial charge in [-0.2, -0.15) is 0 Å². The van der Waals surface area contributed by atoms with Gasteiger partial charge in [0.2, 0.25) is 5.91 Å². The van der Waals surface area contributed by atoms with Crippen LogP contribution in [0, 0.1) is 0 Å². The first-order valence-corrected chi connectivity index (χ1v) is 11.5. The van der Waals surface area contributed by atoms with E-state index in [2.05, 4.69) is 36.4 Å². The van der Waals surface area contributed by atoms with Gasteiger partial charge < -0.3 is 4.90 Å². The summed E-state index contributed by atoms with van der Waals surface area (Å²) < 4.78 is 0. The molecule has 3 aromatic rings. The van der Waals surface area contributed by atoms with Crippen LogP contribution in [0.4, 0.5) is 0 Å². The molecule has 0 saturated heterocycles. The third-order valence-electron chi connectivity index (χ3n) is 4.91. The molecule has 3 aromatic carbocycles. The first-order valence-electron chi connectivity index (χ1n) is 9.68. The standard InChI is InChI=1S/C25H26NO2P/c1-26(2)25(28)19-18-21(27)20-29(22-12-6-3-7-13-22,23-14-8-4-9-15-23)24-16-10-5-11-17-24/h3-17,20H,18-19H2,1-2H3. The summed E-state index contributed by atoms with van der Waals surface area (Å²) in [4.78, 5) is 26.6. The summed E-state index contributed by atoms with van der Waals surface area (Å²) >= 11 is 0. The fourth-order valence-electron chi connectivity index (χ4n) is 3.39. The Morgan fingerprint density at radius 2 is 1.07 bits per heavy atom. The van der Waals surface area contributed by atoms with Gasteiger partial charge in [0.15, 0.2) is 5.78 Å². The van der Waals surface area contributed by atoms with Crippen molar-refractivity contribution in [2.45, 2.75) is 12.8 Å². The summed E-state index contributed by atoms with van der Waals surface area (Å²) in [6.45, 7) is -2.29. The summed E-state index contributed by atoms with van der Waals surface area (Å²) in [5.41, 5.74) is 0. The number of carbonyl (C=O) groups excluding carboxylic acids is 2. The lowest BCUT2D eigenvalue weighted by molar-refractivity contribution is -0.130. The predicted molar refractivity (Wildman–Crippen MR) is 124 cm³/mol. The van der Waals surface area contributed by atoms with Crippen molar-refractivity contribution in [1.82, 2.24) is 4.90 Å². The lowest BCUT2D eigenvalue weighted by Crippen LogP contribution is -2.29. The summed E-state index contributed by atoms with van der Waals surface area (Å²) in [6, 6.07) is 30.7. The molecule has 1 amide bonds. The molecule has 4 heteroatoms. The molecule has 0 aliphatic carbocycles. The monoisotopic (exact) mass is 403 g/mol. The zero-order chi connectivity index (χ0) is 20.7. The van der Waals surface area contributed by atoms with E-state index < -0.39 is 6.89 Å². The fourth-order valence-corrected chi connectivity index (χ4v) is 7.22. The molecule has 0 unspecified atom stereocenters. The quantitative estimate of drug-likeness (QED) is 0.568. The Kier molecular flexibility index (Phi) is 6.85. The second-order valence-corrected chi connectivity index (χ2v) is 10.4. The zero-order valence-corrected chi connectivity index (χ0v) is 17.8. The van der Waals surface area contributed by atoms with Crippen molar-refractivity contribution in [3.8, 4) is 0 Å². The Morgan fingerprint density at radius 1 is 0.690 bits per heavy atom. The molecule has 0 radical (unpaired) electrons. The van der Waals surface area contributed by atoms with Crippen molar-refractivity contribution in [3.05, 3.63) is 91.0 Å². The summed E-state index contributed by atoms with van der Waals surface area (Å²) in [6.07, 6.45) is 0.436. The van der Waals surface area contributed by atoms with Crippen LogP contribution in [0.5, 0.6) is 0 Å². The van der Waals surface area contributed by atoms with Crippen molar-refractivity contribution in [1.29, 1.82) is 0 Å². The van der Waals surface area contributed by atoms with Crippen molar-refractivity contribution in [2.75, 3.05) is 14.1 Å². The minimum Gasteiger partial charge on any atom is -0.349 e. The second kappa shape index (κ2) is 9.54. The molecule has 0 fully saturated rings. The van der Waals surface area contributed by atoms with Crippen LogP contribution in [0.15, 0.2) is 91.0 Å². The van der Waals surface area contributed by atoms with Crippen LogP contribution in [-0.2, 0) is 9.59 Å². The third kappa shape index (κ3) is 4.75. The number of benzene rings is 3. The van der Waals surface area contributed by atoms with E-state index in [1.807, 2.05) is 60.4 Å². The molecular formula is C25H26NO2P. The lowest BCUT2D eigenvalue weighted by atomic mass is 10.2. The zero-order valence-electron chi connectivity index (χ0n) is 16.9. The number of carbonyl (C=O) groups is 2. The van der Waals surface area contributed by atoms with Crippen LogP contribution in [0.3, 0.4) is 0 Å². The van der Waals surface area contributed by atoms with Gasteiger partial charge in [0.25, 0.3) is 0 Å². The summed E-state index contributed by atoms with van der Waals surface area (Å²) in [5, 5.41) is 3.39. The van der Waals surface area contributed by atoms with Crippen LogP contribution in [0.25, 0.3) is 0 Å². The normalized spacial score (nSPS) is 11.0. The van der Waals surface area contributed by atoms with Crippen LogP contribution in [0.1, 0.15) is 12.8 Å². The maximum absolute atomic E-state index is 13.1. The maximum atomic E-state index is 13.1. The molecule has 148 valence electrons. The van der Waals surface area contributed by atoms with Crippen LogP contribution in [-0.4, -0.2) is 36.5 Å². The Morgan fingerprint density at radius 3 is 1.41 bits per heavy atom. The minimum absolute atomic E-state index is 0.00472. The average Bonchev–Trinajstić information content (AvgIpc) is 2.77. The molecule has 0 spiro atoms. The van der Waals surface area contributed by atoms with Gasteiger partial charge in [0.05, 0.1) is 0 Å². The van der Waals surface area contributed by atoms with Crippen molar-refractivity contribution < 1.29 is 9.59 Å². The molecule has 3 nitrogen and oxygen atoms in total. The van der Waals surface area contributed by atoms with Gasteiger partial charge in [-0.1, -0.05) is 91.0 Å². The highest BCUT2D eigenvalue weighted by molar-refractivity contribution is 7.95. The second-order valence-electron chi connectivity index (χ2n) is 7.11. The van der Waals surface area contributed by atoms with Crippen LogP contribution >= 0.6 is 6.89 Å². The molecule has 29 heavy (non-hydrogen) atoms. The van der Waals surface area contributed by atoms with Gasteiger partial charge in [-0.25, -0.2) is 0 Å². The third-order valence-corrected chi connectivity index (χ3v) is 8.93. The highest BCUT2D eigenvalue weighted by Gasteiger charge is 2.26. The van der Waals surface area contributed by atoms with E-state index in [1.165, 1.54) is 4.90 Å². The van der Waals surface area contributed by atoms with Crippen molar-refractivity contribution >= 4 is 40.3 Å². The Labute approximate surface area is 173 Å². The van der Waals surface area contributed by atoms with E-state index >= 15 is 0 Å². The number of nitrogens with zero attached hydrogens (tertiary/aromatic N) is 1. The van der Waals surface area contributed by atoms with Gasteiger partial charge in [-0.3, -0.25) is 9.59 Å². The van der Waals surface area contributed by atoms with Gasteiger partial charge in [0.1, 0.15) is 0 Å². The van der Waals surface area contributed by atoms with Gasteiger partial charge in [-0.05, 0) is 28.6 Å². The van der Waals surface area contributed by atoms with E-state index in [4.69, 9.17) is 0 Å². The number of ketones is 1. The molecule has 0 aliphatic heterocycles. The topological polar surface area (TPSA) is 37.4 Å². The van der Waals surface area contributed by atoms with E-state index in [0.717, 1.165) is 15.9 Å². The number of hydrogen-bond acceptors (Lipinski definition) is 2. The number of Topliss-reactive ketones (excluding diaryl/α,β-unsaturated/α-hetero) is 1. The Balaban J connectivity index is 2.20. The maximum Gasteiger partial charge on any atom is 0.222 e. The van der Waals surface area contributed by atoms with Crippen molar-refractivity contribution in [3.63, 3.8) is 0 Å². The van der Waals surface area contributed by atoms with E-state index in [9.17, 15) is 9.59 Å². The Hall–Kier alpha value is -2.90. The smallest absolute Gasteiger partial charge is 0.222 e. The molecule has 3 rings (SSSR count). The molecule has 0 atom stereocenters. The largest absolute Gasteiger partial charge is 0.349 e. The van der Waals surface area contributed by atoms with Crippen molar-refractivity contribution in [2.24, 2.45) is 0 Å². The molecule has 0 bridgehead atoms. The first kappa shape index (κ1) is 20.8. The minimum atomic E-state index is -2.29. The van der Waals surface area contributed by atoms with E-state index in [0.29, 0.717) is 0 Å². The molecule has 0 aromatic heterocycles. The van der Waals surface area contributed by atoms with Gasteiger partial charge >= 0.3 is 0 Å². The SMILES string of the molecule is CN(C)C(=O)CCC(=O)C=P(c1ccccc1)(c1ccccc1)c1ccccc1. The molecule has 0 N–H and O–H groups in total. The molecule has 0 heterocycles. The summed E-state index contributed by atoms with van der Waals surface area (Å²) in [5.74, 6) is 1.87. The van der Waals surface area contributed by atoms with E-state index in [1.54, 1.807) is 14.1 Å². The number of hydrogen-bond donors (Lipinski definition) is 0. The van der Waals surface area contributed by atoms with E-state index in [-0.39, 0.29) is 24.5 Å². The van der Waals surface area contributed by atoms with Gasteiger partial charge in [-0.15, -0.1) is 0 Å². The highest BCUT2D eigenvalue weighted by atomic mass is 31.2. The van der Waals surface area contributed by atoms with Crippen LogP contribution < -0.4 is 15.9 Å². The highest BCUT2D eigenvalue weighted by Crippen LogP contribution is 2.43. The lowest BCUT2D eigenvalue weighted by Gasteiger charge is -2.28. The Bertz CT molecular complexity index is 909. The van der Waals surface area contributed by atoms with Crippen LogP contribution in [0.2, 0.25) is 0 Å². The fraction of sp³-hybridized carbons (Fsp3) is 0.160. The number of rotatable bonds is 7. The number of amides is 1. The summed E-state index contributed by atoms with van der Waals surface area (Å²) in [7, 11) is 3.43. The predicted octanol–water partition coefficient (Wildman–Crippen LogP) is 3.22. The van der Waals surface area contributed by atoms with Gasteiger partial charge in [0, 0.05) is 26.9 Å². The molecule has 0 saturated carbocycles. The first-order chi connectivity index (χ1) is 14.0.